The van der Waals surface area contributed by atoms with Crippen LogP contribution in [0.4, 0.5) is 5.82 Å². The highest BCUT2D eigenvalue weighted by molar-refractivity contribution is 5.74. The minimum absolute atomic E-state index is 0.220. The monoisotopic (exact) mass is 269 g/mol. The Morgan fingerprint density at radius 3 is 3.05 bits per heavy atom. The third kappa shape index (κ3) is 2.12. The van der Waals surface area contributed by atoms with E-state index in [0.717, 1.165) is 0 Å². The molecule has 0 spiro atoms. The number of aromatic nitrogens is 2. The standard InChI is InChI=1S/C11H16N4O4/c16-3-8-6(17)1-9(19-8)15-5-14-10-7(18)2-12-4-13-11(10)15/h4-9,16-18H,1-3H2,(H,12,13)/p+1/t6?,7-,8-,9-/m1/s1. The van der Waals surface area contributed by atoms with Crippen LogP contribution in [0.2, 0.25) is 0 Å². The van der Waals surface area contributed by atoms with Gasteiger partial charge in [0.2, 0.25) is 0 Å². The molecule has 2 aliphatic rings. The third-order valence-corrected chi connectivity index (χ3v) is 3.47. The molecule has 0 aromatic carbocycles. The summed E-state index contributed by atoms with van der Waals surface area (Å²) in [5, 5.41) is 31.8. The first-order valence-electron chi connectivity index (χ1n) is 6.20. The van der Waals surface area contributed by atoms with Gasteiger partial charge in [-0.05, 0) is 0 Å². The molecule has 1 aromatic heterocycles. The van der Waals surface area contributed by atoms with Crippen molar-refractivity contribution in [1.29, 1.82) is 0 Å². The number of aromatic amines is 1. The number of fused-ring (bicyclic) bond motifs is 1. The van der Waals surface area contributed by atoms with E-state index in [2.05, 4.69) is 15.3 Å². The number of aliphatic imine (C=N–C) groups is 1. The molecular formula is C11H17N4O4+. The van der Waals surface area contributed by atoms with Gasteiger partial charge < -0.3 is 20.1 Å². The van der Waals surface area contributed by atoms with Gasteiger partial charge in [-0.1, -0.05) is 0 Å². The van der Waals surface area contributed by atoms with Gasteiger partial charge in [-0.2, -0.15) is 0 Å². The van der Waals surface area contributed by atoms with E-state index in [4.69, 9.17) is 9.84 Å². The van der Waals surface area contributed by atoms with Crippen molar-refractivity contribution in [3.05, 3.63) is 12.0 Å². The number of ether oxygens (including phenoxy) is 1. The van der Waals surface area contributed by atoms with Gasteiger partial charge in [-0.25, -0.2) is 4.57 Å². The minimum Gasteiger partial charge on any atom is -0.394 e. The topological polar surface area (TPSA) is 114 Å². The van der Waals surface area contributed by atoms with Gasteiger partial charge in [0.05, 0.1) is 19.3 Å². The molecule has 1 fully saturated rings. The van der Waals surface area contributed by atoms with Crippen molar-refractivity contribution in [2.45, 2.75) is 31.0 Å². The lowest BCUT2D eigenvalue weighted by Gasteiger charge is -2.11. The second-order valence-corrected chi connectivity index (χ2v) is 4.71. The quantitative estimate of drug-likeness (QED) is 0.416. The summed E-state index contributed by atoms with van der Waals surface area (Å²) < 4.78 is 7.34. The molecule has 2 aliphatic heterocycles. The van der Waals surface area contributed by atoms with Crippen molar-refractivity contribution in [2.75, 3.05) is 18.5 Å². The molecule has 1 aromatic rings. The van der Waals surface area contributed by atoms with E-state index in [-0.39, 0.29) is 13.2 Å². The van der Waals surface area contributed by atoms with Crippen LogP contribution in [0, 0.1) is 0 Å². The number of anilines is 1. The molecule has 1 unspecified atom stereocenters. The molecule has 104 valence electrons. The van der Waals surface area contributed by atoms with E-state index in [0.29, 0.717) is 17.9 Å². The van der Waals surface area contributed by atoms with Crippen molar-refractivity contribution in [2.24, 2.45) is 4.99 Å². The van der Waals surface area contributed by atoms with Gasteiger partial charge in [0.25, 0.3) is 5.82 Å². The summed E-state index contributed by atoms with van der Waals surface area (Å²) in [6.45, 7) is 0.0658. The Kier molecular flexibility index (Phi) is 3.23. The van der Waals surface area contributed by atoms with Crippen molar-refractivity contribution in [3.8, 4) is 0 Å². The van der Waals surface area contributed by atoms with Gasteiger partial charge in [-0.3, -0.25) is 15.3 Å². The molecule has 8 nitrogen and oxygen atoms in total. The maximum absolute atomic E-state index is 9.92. The molecule has 1 saturated heterocycles. The Morgan fingerprint density at radius 2 is 2.32 bits per heavy atom. The van der Waals surface area contributed by atoms with Crippen LogP contribution in [0.15, 0.2) is 11.3 Å². The van der Waals surface area contributed by atoms with E-state index in [9.17, 15) is 10.2 Å². The SMILES string of the molecule is OC[C@H]1O[C@@H]([n+]2c[nH]c3c2NC=NC[C@H]3O)CC1O. The van der Waals surface area contributed by atoms with Crippen molar-refractivity contribution in [3.63, 3.8) is 0 Å². The highest BCUT2D eigenvalue weighted by atomic mass is 16.5. The van der Waals surface area contributed by atoms with E-state index in [1.165, 1.54) is 6.34 Å². The summed E-state index contributed by atoms with van der Waals surface area (Å²) in [6, 6.07) is 0. The predicted molar refractivity (Wildman–Crippen MR) is 64.5 cm³/mol. The number of rotatable bonds is 2. The number of nitrogens with one attached hydrogen (secondary N) is 2. The summed E-state index contributed by atoms with van der Waals surface area (Å²) in [4.78, 5) is 6.99. The van der Waals surface area contributed by atoms with Crippen molar-refractivity contribution < 1.29 is 24.6 Å². The first-order chi connectivity index (χ1) is 9.20. The second-order valence-electron chi connectivity index (χ2n) is 4.71. The zero-order chi connectivity index (χ0) is 13.4. The summed E-state index contributed by atoms with van der Waals surface area (Å²) >= 11 is 0. The van der Waals surface area contributed by atoms with Gasteiger partial charge in [0.1, 0.15) is 18.5 Å². The molecule has 19 heavy (non-hydrogen) atoms. The molecule has 3 rings (SSSR count). The minimum atomic E-state index is -0.706. The fourth-order valence-corrected chi connectivity index (χ4v) is 2.45. The Hall–Kier alpha value is -1.48. The molecule has 0 amide bonds. The van der Waals surface area contributed by atoms with Crippen LogP contribution < -0.4 is 9.88 Å². The van der Waals surface area contributed by atoms with Crippen molar-refractivity contribution >= 4 is 12.2 Å². The highest BCUT2D eigenvalue weighted by Crippen LogP contribution is 2.28. The van der Waals surface area contributed by atoms with Crippen LogP contribution in [0.25, 0.3) is 0 Å². The first-order valence-corrected chi connectivity index (χ1v) is 6.20. The number of hydrogen-bond acceptors (Lipinski definition) is 6. The van der Waals surface area contributed by atoms with Crippen LogP contribution in [0.3, 0.4) is 0 Å². The maximum Gasteiger partial charge on any atom is 0.267 e. The maximum atomic E-state index is 9.92. The lowest BCUT2D eigenvalue weighted by atomic mass is 10.2. The molecule has 8 heteroatoms. The van der Waals surface area contributed by atoms with Crippen LogP contribution in [-0.2, 0) is 4.74 Å². The number of hydrogen-bond donors (Lipinski definition) is 5. The molecule has 3 heterocycles. The molecule has 0 aliphatic carbocycles. The van der Waals surface area contributed by atoms with Crippen LogP contribution in [0.1, 0.15) is 24.4 Å². The molecular weight excluding hydrogens is 252 g/mol. The zero-order valence-electron chi connectivity index (χ0n) is 10.2. The van der Waals surface area contributed by atoms with Gasteiger partial charge in [0, 0.05) is 6.42 Å². The second kappa shape index (κ2) is 4.89. The average Bonchev–Trinajstić information content (AvgIpc) is 2.93. The molecule has 0 bridgehead atoms. The van der Waals surface area contributed by atoms with E-state index in [1.54, 1.807) is 10.9 Å². The van der Waals surface area contributed by atoms with Crippen LogP contribution in [-0.4, -0.2) is 52.0 Å². The van der Waals surface area contributed by atoms with Crippen molar-refractivity contribution in [1.82, 2.24) is 4.98 Å². The molecule has 0 saturated carbocycles. The van der Waals surface area contributed by atoms with Crippen LogP contribution >= 0.6 is 0 Å². The van der Waals surface area contributed by atoms with Gasteiger partial charge >= 0.3 is 0 Å². The first kappa shape index (κ1) is 12.5. The Bertz CT molecular complexity index is 489. The summed E-state index contributed by atoms with van der Waals surface area (Å²) in [5.74, 6) is 0.657. The zero-order valence-corrected chi connectivity index (χ0v) is 10.2. The Morgan fingerprint density at radius 1 is 1.47 bits per heavy atom. The fraction of sp³-hybridized carbons (Fsp3) is 0.636. The van der Waals surface area contributed by atoms with Gasteiger partial charge in [-0.15, -0.1) is 0 Å². The highest BCUT2D eigenvalue weighted by Gasteiger charge is 2.39. The van der Waals surface area contributed by atoms with Crippen LogP contribution in [0.5, 0.6) is 0 Å². The summed E-state index contributed by atoms with van der Waals surface area (Å²) in [7, 11) is 0. The number of imidazole rings is 1. The largest absolute Gasteiger partial charge is 0.394 e. The normalized spacial score (nSPS) is 33.8. The molecule has 5 N–H and O–H groups in total. The number of nitrogens with zero attached hydrogens (tertiary/aromatic N) is 2. The smallest absolute Gasteiger partial charge is 0.267 e. The molecule has 4 atom stereocenters. The summed E-state index contributed by atoms with van der Waals surface area (Å²) in [5.41, 5.74) is 0.628. The lowest BCUT2D eigenvalue weighted by Crippen LogP contribution is -2.40. The fourth-order valence-electron chi connectivity index (χ4n) is 2.45. The predicted octanol–water partition coefficient (Wildman–Crippen LogP) is -1.57. The van der Waals surface area contributed by atoms with Gasteiger partial charge in [0.15, 0.2) is 18.2 Å². The van der Waals surface area contributed by atoms with E-state index >= 15 is 0 Å². The lowest BCUT2D eigenvalue weighted by molar-refractivity contribution is -0.746. The Labute approximate surface area is 109 Å². The van der Waals surface area contributed by atoms with E-state index < -0.39 is 24.5 Å². The number of H-pyrrole nitrogens is 1. The molecule has 0 radical (unpaired) electrons. The summed E-state index contributed by atoms with van der Waals surface area (Å²) in [6.07, 6.45) is 1.21. The number of aliphatic hydroxyl groups is 3. The Balaban J connectivity index is 1.89. The third-order valence-electron chi connectivity index (χ3n) is 3.47. The average molecular weight is 269 g/mol. The number of aliphatic hydroxyl groups excluding tert-OH is 3. The van der Waals surface area contributed by atoms with E-state index in [1.807, 2.05) is 0 Å².